The molecule has 0 bridgehead atoms. The van der Waals surface area contributed by atoms with Crippen molar-refractivity contribution in [3.63, 3.8) is 0 Å². The average Bonchev–Trinajstić information content (AvgIpc) is 2.39. The fourth-order valence-electron chi connectivity index (χ4n) is 2.27. The summed E-state index contributed by atoms with van der Waals surface area (Å²) in [6, 6.07) is 7.77. The lowest BCUT2D eigenvalue weighted by Crippen LogP contribution is -2.22. The van der Waals surface area contributed by atoms with Gasteiger partial charge in [-0.3, -0.25) is 4.79 Å². The first kappa shape index (κ1) is 12.6. The van der Waals surface area contributed by atoms with Crippen LogP contribution in [-0.4, -0.2) is 5.91 Å². The van der Waals surface area contributed by atoms with Gasteiger partial charge in [-0.2, -0.15) is 5.26 Å². The zero-order valence-corrected chi connectivity index (χ0v) is 10.4. The van der Waals surface area contributed by atoms with Crippen molar-refractivity contribution in [2.45, 2.75) is 32.2 Å². The third-order valence-electron chi connectivity index (χ3n) is 3.45. The van der Waals surface area contributed by atoms with E-state index in [4.69, 9.17) is 11.0 Å². The van der Waals surface area contributed by atoms with Gasteiger partial charge >= 0.3 is 0 Å². The second-order valence-corrected chi connectivity index (χ2v) is 4.63. The summed E-state index contributed by atoms with van der Waals surface area (Å²) in [6.45, 7) is 1.96. The van der Waals surface area contributed by atoms with Crippen molar-refractivity contribution in [2.75, 3.05) is 5.32 Å². The van der Waals surface area contributed by atoms with E-state index < -0.39 is 0 Å². The van der Waals surface area contributed by atoms with Crippen LogP contribution in [0, 0.1) is 17.2 Å². The molecule has 0 radical (unpaired) electrons. The van der Waals surface area contributed by atoms with Crippen LogP contribution < -0.4 is 11.1 Å². The van der Waals surface area contributed by atoms with E-state index in [9.17, 15) is 4.79 Å². The molecule has 94 valence electrons. The molecule has 1 aromatic carbocycles. The van der Waals surface area contributed by atoms with E-state index >= 15 is 0 Å². The number of rotatable bonds is 3. The van der Waals surface area contributed by atoms with Crippen molar-refractivity contribution < 1.29 is 4.79 Å². The number of carbonyl (C=O) groups excluding carboxylic acids is 1. The average molecular weight is 243 g/mol. The first-order valence-corrected chi connectivity index (χ1v) is 6.23. The van der Waals surface area contributed by atoms with Crippen LogP contribution in [0.3, 0.4) is 0 Å². The molecule has 3 N–H and O–H groups in total. The maximum Gasteiger partial charge on any atom is 0.224 e. The minimum Gasteiger partial charge on any atom is -0.326 e. The molecule has 0 fully saturated rings. The Morgan fingerprint density at radius 2 is 2.28 bits per heavy atom. The molecule has 1 amide bonds. The van der Waals surface area contributed by atoms with E-state index in [0.29, 0.717) is 6.42 Å². The number of nitriles is 1. The first-order valence-electron chi connectivity index (χ1n) is 6.23. The Bertz CT molecular complexity index is 504. The standard InChI is InChI=1S/C14H17N3O/c1-2-9(8-15)14(16)11-3-5-12-10(7-11)4-6-13(18)17-12/h3,5,7,9,14H,2,4,6,16H2,1H3,(H,17,18). The number of carbonyl (C=O) groups is 1. The molecule has 2 atom stereocenters. The van der Waals surface area contributed by atoms with Crippen molar-refractivity contribution in [3.05, 3.63) is 29.3 Å². The highest BCUT2D eigenvalue weighted by Gasteiger charge is 2.20. The summed E-state index contributed by atoms with van der Waals surface area (Å²) in [6.07, 6.45) is 2.00. The number of benzene rings is 1. The molecular weight excluding hydrogens is 226 g/mol. The number of hydrogen-bond acceptors (Lipinski definition) is 3. The van der Waals surface area contributed by atoms with Gasteiger partial charge in [0.15, 0.2) is 0 Å². The van der Waals surface area contributed by atoms with E-state index in [1.54, 1.807) is 0 Å². The molecule has 0 spiro atoms. The molecule has 1 aromatic rings. The van der Waals surface area contributed by atoms with Gasteiger partial charge in [-0.1, -0.05) is 19.1 Å². The molecule has 1 heterocycles. The summed E-state index contributed by atoms with van der Waals surface area (Å²) in [4.78, 5) is 11.3. The summed E-state index contributed by atoms with van der Waals surface area (Å²) in [5, 5.41) is 11.9. The quantitative estimate of drug-likeness (QED) is 0.853. The molecule has 4 nitrogen and oxygen atoms in total. The smallest absolute Gasteiger partial charge is 0.224 e. The Kier molecular flexibility index (Phi) is 3.63. The van der Waals surface area contributed by atoms with Crippen LogP contribution in [0.25, 0.3) is 0 Å². The Labute approximate surface area is 107 Å². The van der Waals surface area contributed by atoms with E-state index in [2.05, 4.69) is 11.4 Å². The summed E-state index contributed by atoms with van der Waals surface area (Å²) in [5.41, 5.74) is 9.06. The van der Waals surface area contributed by atoms with Crippen LogP contribution >= 0.6 is 0 Å². The normalized spacial score (nSPS) is 17.3. The molecular formula is C14H17N3O. The number of nitrogens with two attached hydrogens (primary N) is 1. The van der Waals surface area contributed by atoms with Crippen LogP contribution in [-0.2, 0) is 11.2 Å². The zero-order chi connectivity index (χ0) is 13.1. The number of anilines is 1. The monoisotopic (exact) mass is 243 g/mol. The van der Waals surface area contributed by atoms with Gasteiger partial charge in [-0.05, 0) is 30.0 Å². The molecule has 0 aliphatic carbocycles. The van der Waals surface area contributed by atoms with Crippen molar-refractivity contribution in [2.24, 2.45) is 11.7 Å². The van der Waals surface area contributed by atoms with Gasteiger partial charge in [0.25, 0.3) is 0 Å². The third-order valence-corrected chi connectivity index (χ3v) is 3.45. The fourth-order valence-corrected chi connectivity index (χ4v) is 2.27. The topological polar surface area (TPSA) is 78.9 Å². The fraction of sp³-hybridized carbons (Fsp3) is 0.429. The van der Waals surface area contributed by atoms with Crippen molar-refractivity contribution in [3.8, 4) is 6.07 Å². The Hall–Kier alpha value is -1.86. The lowest BCUT2D eigenvalue weighted by atomic mass is 9.90. The SMILES string of the molecule is CCC(C#N)C(N)c1ccc2c(c1)CCC(=O)N2. The minimum absolute atomic E-state index is 0.0583. The Morgan fingerprint density at radius 1 is 1.50 bits per heavy atom. The number of nitrogens with zero attached hydrogens (tertiary/aromatic N) is 1. The Balaban J connectivity index is 2.26. The minimum atomic E-state index is -0.261. The van der Waals surface area contributed by atoms with Crippen LogP contribution in [0.5, 0.6) is 0 Å². The highest BCUT2D eigenvalue weighted by molar-refractivity contribution is 5.93. The zero-order valence-electron chi connectivity index (χ0n) is 10.4. The number of aryl methyl sites for hydroxylation is 1. The van der Waals surface area contributed by atoms with Crippen LogP contribution in [0.2, 0.25) is 0 Å². The number of fused-ring (bicyclic) bond motifs is 1. The van der Waals surface area contributed by atoms with Crippen molar-refractivity contribution >= 4 is 11.6 Å². The summed E-state index contributed by atoms with van der Waals surface area (Å²) >= 11 is 0. The second-order valence-electron chi connectivity index (χ2n) is 4.63. The van der Waals surface area contributed by atoms with Gasteiger partial charge < -0.3 is 11.1 Å². The Morgan fingerprint density at radius 3 is 2.94 bits per heavy atom. The highest BCUT2D eigenvalue weighted by atomic mass is 16.1. The summed E-state index contributed by atoms with van der Waals surface area (Å²) < 4.78 is 0. The molecule has 0 saturated heterocycles. The highest BCUT2D eigenvalue weighted by Crippen LogP contribution is 2.28. The van der Waals surface area contributed by atoms with Crippen molar-refractivity contribution in [1.29, 1.82) is 5.26 Å². The maximum absolute atomic E-state index is 11.3. The van der Waals surface area contributed by atoms with Gasteiger partial charge in [-0.15, -0.1) is 0 Å². The lowest BCUT2D eigenvalue weighted by Gasteiger charge is -2.21. The predicted octanol–water partition coefficient (Wildman–Crippen LogP) is 2.12. The maximum atomic E-state index is 11.3. The number of hydrogen-bond donors (Lipinski definition) is 2. The number of nitrogens with one attached hydrogen (secondary N) is 1. The van der Waals surface area contributed by atoms with E-state index in [-0.39, 0.29) is 17.9 Å². The first-order chi connectivity index (χ1) is 8.65. The largest absolute Gasteiger partial charge is 0.326 e. The van der Waals surface area contributed by atoms with Crippen molar-refractivity contribution in [1.82, 2.24) is 0 Å². The van der Waals surface area contributed by atoms with Gasteiger partial charge in [0.2, 0.25) is 5.91 Å². The molecule has 2 unspecified atom stereocenters. The summed E-state index contributed by atoms with van der Waals surface area (Å²) in [5.74, 6) is -0.107. The third kappa shape index (κ3) is 2.36. The van der Waals surface area contributed by atoms with Gasteiger partial charge in [0.1, 0.15) is 0 Å². The molecule has 1 aliphatic rings. The van der Waals surface area contributed by atoms with Crippen LogP contribution in [0.4, 0.5) is 5.69 Å². The van der Waals surface area contributed by atoms with Gasteiger partial charge in [0, 0.05) is 18.2 Å². The van der Waals surface area contributed by atoms with E-state index in [1.165, 1.54) is 0 Å². The number of amides is 1. The molecule has 1 aliphatic heterocycles. The van der Waals surface area contributed by atoms with Crippen LogP contribution in [0.1, 0.15) is 36.9 Å². The molecule has 0 aromatic heterocycles. The van der Waals surface area contributed by atoms with Crippen LogP contribution in [0.15, 0.2) is 18.2 Å². The van der Waals surface area contributed by atoms with E-state index in [0.717, 1.165) is 29.7 Å². The molecule has 2 rings (SSSR count). The van der Waals surface area contributed by atoms with E-state index in [1.807, 2.05) is 25.1 Å². The van der Waals surface area contributed by atoms with Gasteiger partial charge in [0.05, 0.1) is 12.0 Å². The molecule has 18 heavy (non-hydrogen) atoms. The molecule has 0 saturated carbocycles. The second kappa shape index (κ2) is 5.19. The molecule has 4 heteroatoms. The lowest BCUT2D eigenvalue weighted by molar-refractivity contribution is -0.116. The predicted molar refractivity (Wildman–Crippen MR) is 69.7 cm³/mol. The summed E-state index contributed by atoms with van der Waals surface area (Å²) in [7, 11) is 0. The van der Waals surface area contributed by atoms with Gasteiger partial charge in [-0.25, -0.2) is 0 Å².